The second kappa shape index (κ2) is 6.00. The van der Waals surface area contributed by atoms with E-state index in [0.717, 1.165) is 12.1 Å². The molecule has 0 aliphatic carbocycles. The summed E-state index contributed by atoms with van der Waals surface area (Å²) in [5.41, 5.74) is 4.89. The van der Waals surface area contributed by atoms with Gasteiger partial charge in [0.25, 0.3) is 5.91 Å². The van der Waals surface area contributed by atoms with Crippen LogP contribution in [0.25, 0.3) is 0 Å². The number of hydrogen-bond acceptors (Lipinski definition) is 2. The molecule has 0 atom stereocenters. The molecule has 2 rings (SSSR count). The maximum Gasteiger partial charge on any atom is 0.316 e. The van der Waals surface area contributed by atoms with Crippen molar-refractivity contribution < 1.29 is 18.4 Å². The molecule has 3 amide bonds. The summed E-state index contributed by atoms with van der Waals surface area (Å²) in [7, 11) is 0. The van der Waals surface area contributed by atoms with Gasteiger partial charge < -0.3 is 16.4 Å². The standard InChI is InChI=1S/C14H11F2N3O2/c15-10-5-2-6-11(16)12(10)13(20)18-8-3-1-4-9(7-8)19-14(17)21/h1-7H,(H,18,20)(H3,17,19,21). The number of hydrogen-bond donors (Lipinski definition) is 3. The molecular weight excluding hydrogens is 280 g/mol. The van der Waals surface area contributed by atoms with Crippen LogP contribution in [0, 0.1) is 11.6 Å². The summed E-state index contributed by atoms with van der Waals surface area (Å²) in [5, 5.41) is 4.66. The van der Waals surface area contributed by atoms with E-state index in [9.17, 15) is 18.4 Å². The van der Waals surface area contributed by atoms with Crippen LogP contribution in [-0.4, -0.2) is 11.9 Å². The first-order chi connectivity index (χ1) is 9.97. The Kier molecular flexibility index (Phi) is 4.13. The zero-order chi connectivity index (χ0) is 15.4. The van der Waals surface area contributed by atoms with Crippen LogP contribution in [0.1, 0.15) is 10.4 Å². The molecule has 5 nitrogen and oxygen atoms in total. The lowest BCUT2D eigenvalue weighted by molar-refractivity contribution is 0.101. The number of halogens is 2. The molecule has 0 aliphatic rings. The first-order valence-electron chi connectivity index (χ1n) is 5.89. The van der Waals surface area contributed by atoms with Crippen LogP contribution < -0.4 is 16.4 Å². The largest absolute Gasteiger partial charge is 0.351 e. The van der Waals surface area contributed by atoms with Gasteiger partial charge in [0, 0.05) is 11.4 Å². The van der Waals surface area contributed by atoms with Crippen molar-refractivity contribution in [1.82, 2.24) is 0 Å². The van der Waals surface area contributed by atoms with Gasteiger partial charge in [-0.15, -0.1) is 0 Å². The Morgan fingerprint density at radius 2 is 1.43 bits per heavy atom. The molecular formula is C14H11F2N3O2. The van der Waals surface area contributed by atoms with E-state index in [2.05, 4.69) is 10.6 Å². The van der Waals surface area contributed by atoms with Crippen molar-refractivity contribution in [2.24, 2.45) is 5.73 Å². The first-order valence-corrected chi connectivity index (χ1v) is 5.89. The van der Waals surface area contributed by atoms with Gasteiger partial charge in [-0.3, -0.25) is 4.79 Å². The molecule has 0 heterocycles. The lowest BCUT2D eigenvalue weighted by Crippen LogP contribution is -2.19. The quantitative estimate of drug-likeness (QED) is 0.812. The Bertz CT molecular complexity index is 684. The van der Waals surface area contributed by atoms with Gasteiger partial charge in [-0.2, -0.15) is 0 Å². The average Bonchev–Trinajstić information content (AvgIpc) is 2.37. The lowest BCUT2D eigenvalue weighted by atomic mass is 10.1. The predicted octanol–water partition coefficient (Wildman–Crippen LogP) is 2.71. The monoisotopic (exact) mass is 291 g/mol. The second-order valence-corrected chi connectivity index (χ2v) is 4.12. The SMILES string of the molecule is NC(=O)Nc1cccc(NC(=O)c2c(F)cccc2F)c1. The number of amides is 3. The van der Waals surface area contributed by atoms with Crippen molar-refractivity contribution in [2.45, 2.75) is 0 Å². The number of rotatable bonds is 3. The molecule has 0 aliphatic heterocycles. The highest BCUT2D eigenvalue weighted by Crippen LogP contribution is 2.18. The van der Waals surface area contributed by atoms with Crippen LogP contribution in [0.3, 0.4) is 0 Å². The summed E-state index contributed by atoms with van der Waals surface area (Å²) >= 11 is 0. The van der Waals surface area contributed by atoms with Crippen molar-refractivity contribution in [3.63, 3.8) is 0 Å². The van der Waals surface area contributed by atoms with E-state index < -0.39 is 29.1 Å². The van der Waals surface area contributed by atoms with E-state index >= 15 is 0 Å². The molecule has 0 radical (unpaired) electrons. The van der Waals surface area contributed by atoms with E-state index in [1.807, 2.05) is 0 Å². The highest BCUT2D eigenvalue weighted by Gasteiger charge is 2.17. The summed E-state index contributed by atoms with van der Waals surface area (Å²) in [6.45, 7) is 0. The molecule has 0 unspecified atom stereocenters. The third-order valence-corrected chi connectivity index (χ3v) is 2.58. The molecule has 21 heavy (non-hydrogen) atoms. The van der Waals surface area contributed by atoms with Gasteiger partial charge in [-0.25, -0.2) is 13.6 Å². The summed E-state index contributed by atoms with van der Waals surface area (Å²) in [6.07, 6.45) is 0. The molecule has 0 bridgehead atoms. The minimum absolute atomic E-state index is 0.258. The lowest BCUT2D eigenvalue weighted by Gasteiger charge is -2.08. The van der Waals surface area contributed by atoms with Gasteiger partial charge in [0.05, 0.1) is 0 Å². The average molecular weight is 291 g/mol. The Morgan fingerprint density at radius 1 is 0.905 bits per heavy atom. The topological polar surface area (TPSA) is 84.2 Å². The molecule has 0 spiro atoms. The highest BCUT2D eigenvalue weighted by atomic mass is 19.1. The van der Waals surface area contributed by atoms with E-state index in [4.69, 9.17) is 5.73 Å². The maximum absolute atomic E-state index is 13.5. The molecule has 4 N–H and O–H groups in total. The molecule has 0 fully saturated rings. The maximum atomic E-state index is 13.5. The normalized spacial score (nSPS) is 10.0. The fourth-order valence-electron chi connectivity index (χ4n) is 1.73. The van der Waals surface area contributed by atoms with Crippen LogP contribution >= 0.6 is 0 Å². The molecule has 0 aromatic heterocycles. The van der Waals surface area contributed by atoms with Crippen LogP contribution in [-0.2, 0) is 0 Å². The minimum Gasteiger partial charge on any atom is -0.351 e. The molecule has 2 aromatic carbocycles. The Hall–Kier alpha value is -2.96. The fourth-order valence-corrected chi connectivity index (χ4v) is 1.73. The van der Waals surface area contributed by atoms with Gasteiger partial charge in [0.15, 0.2) is 0 Å². The summed E-state index contributed by atoms with van der Waals surface area (Å²) in [5.74, 6) is -2.85. The highest BCUT2D eigenvalue weighted by molar-refractivity contribution is 6.05. The van der Waals surface area contributed by atoms with E-state index in [0.29, 0.717) is 5.69 Å². The number of urea groups is 1. The molecule has 7 heteroatoms. The Morgan fingerprint density at radius 3 is 2.00 bits per heavy atom. The Balaban J connectivity index is 2.22. The molecule has 108 valence electrons. The number of primary amides is 1. The minimum atomic E-state index is -0.959. The van der Waals surface area contributed by atoms with E-state index in [-0.39, 0.29) is 5.69 Å². The number of carbonyl (C=O) groups is 2. The van der Waals surface area contributed by atoms with Gasteiger partial charge in [-0.05, 0) is 30.3 Å². The smallest absolute Gasteiger partial charge is 0.316 e. The van der Waals surface area contributed by atoms with Crippen molar-refractivity contribution in [3.05, 3.63) is 59.7 Å². The van der Waals surface area contributed by atoms with Crippen molar-refractivity contribution in [2.75, 3.05) is 10.6 Å². The number of nitrogens with two attached hydrogens (primary N) is 1. The Labute approximate surface area is 118 Å². The van der Waals surface area contributed by atoms with E-state index in [1.165, 1.54) is 18.2 Å². The van der Waals surface area contributed by atoms with Crippen LogP contribution in [0.2, 0.25) is 0 Å². The van der Waals surface area contributed by atoms with Gasteiger partial charge in [0.2, 0.25) is 0 Å². The first kappa shape index (κ1) is 14.4. The summed E-state index contributed by atoms with van der Waals surface area (Å²) < 4.78 is 27.0. The molecule has 0 saturated heterocycles. The summed E-state index contributed by atoms with van der Waals surface area (Å²) in [4.78, 5) is 22.6. The third kappa shape index (κ3) is 3.53. The number of benzene rings is 2. The predicted molar refractivity (Wildman–Crippen MR) is 74.0 cm³/mol. The number of carbonyl (C=O) groups excluding carboxylic acids is 2. The number of anilines is 2. The van der Waals surface area contributed by atoms with Crippen LogP contribution in [0.15, 0.2) is 42.5 Å². The van der Waals surface area contributed by atoms with Crippen LogP contribution in [0.4, 0.5) is 25.0 Å². The van der Waals surface area contributed by atoms with E-state index in [1.54, 1.807) is 12.1 Å². The van der Waals surface area contributed by atoms with Crippen molar-refractivity contribution in [3.8, 4) is 0 Å². The fraction of sp³-hybridized carbons (Fsp3) is 0. The molecule has 0 saturated carbocycles. The summed E-state index contributed by atoms with van der Waals surface area (Å²) in [6, 6.07) is 8.37. The van der Waals surface area contributed by atoms with Crippen molar-refractivity contribution >= 4 is 23.3 Å². The third-order valence-electron chi connectivity index (χ3n) is 2.58. The van der Waals surface area contributed by atoms with Gasteiger partial charge in [0.1, 0.15) is 17.2 Å². The van der Waals surface area contributed by atoms with Gasteiger partial charge >= 0.3 is 6.03 Å². The zero-order valence-electron chi connectivity index (χ0n) is 10.7. The van der Waals surface area contributed by atoms with Crippen molar-refractivity contribution in [1.29, 1.82) is 0 Å². The van der Waals surface area contributed by atoms with Gasteiger partial charge in [-0.1, -0.05) is 12.1 Å². The molecule has 2 aromatic rings. The van der Waals surface area contributed by atoms with Crippen LogP contribution in [0.5, 0.6) is 0 Å². The second-order valence-electron chi connectivity index (χ2n) is 4.12. The zero-order valence-corrected chi connectivity index (χ0v) is 10.7. The number of nitrogens with one attached hydrogen (secondary N) is 2.